The molecule has 124 valence electrons. The zero-order valence-electron chi connectivity index (χ0n) is 11.8. The van der Waals surface area contributed by atoms with E-state index in [1.54, 1.807) is 0 Å². The van der Waals surface area contributed by atoms with Crippen LogP contribution >= 0.6 is 0 Å². The van der Waals surface area contributed by atoms with Gasteiger partial charge in [-0.1, -0.05) is 18.7 Å². The van der Waals surface area contributed by atoms with Crippen LogP contribution in [0.25, 0.3) is 0 Å². The number of halogens is 5. The minimum absolute atomic E-state index is 0.0797. The lowest BCUT2D eigenvalue weighted by molar-refractivity contribution is -0.344. The van der Waals surface area contributed by atoms with Gasteiger partial charge in [-0.15, -0.1) is 0 Å². The average Bonchev–Trinajstić information content (AvgIpc) is 2.43. The van der Waals surface area contributed by atoms with Crippen LogP contribution in [0.5, 0.6) is 0 Å². The second kappa shape index (κ2) is 6.62. The number of alkyl halides is 5. The van der Waals surface area contributed by atoms with Gasteiger partial charge in [-0.25, -0.2) is 0 Å². The fraction of sp³-hybridized carbons (Fsp3) is 0.429. The van der Waals surface area contributed by atoms with Crippen molar-refractivity contribution in [1.82, 2.24) is 0 Å². The van der Waals surface area contributed by atoms with Gasteiger partial charge in [-0.05, 0) is 23.8 Å². The summed E-state index contributed by atoms with van der Waals surface area (Å²) in [5, 5.41) is 0. The van der Waals surface area contributed by atoms with Gasteiger partial charge in [0, 0.05) is 12.8 Å². The van der Waals surface area contributed by atoms with Crippen LogP contribution in [0.15, 0.2) is 36.9 Å². The van der Waals surface area contributed by atoms with E-state index in [2.05, 4.69) is 16.1 Å². The van der Waals surface area contributed by atoms with Crippen molar-refractivity contribution in [3.05, 3.63) is 42.5 Å². The third-order valence-electron chi connectivity index (χ3n) is 3.05. The Morgan fingerprint density at radius 3 is 2.05 bits per heavy atom. The fourth-order valence-corrected chi connectivity index (χ4v) is 1.95. The van der Waals surface area contributed by atoms with Gasteiger partial charge in [-0.3, -0.25) is 0 Å². The van der Waals surface area contributed by atoms with Crippen LogP contribution < -0.4 is 5.73 Å². The molecule has 0 radical (unpaired) electrons. The highest BCUT2D eigenvalue weighted by Crippen LogP contribution is 2.52. The Bertz CT molecular complexity index is 501. The summed E-state index contributed by atoms with van der Waals surface area (Å²) in [5.41, 5.74) is 0.895. The molecule has 22 heavy (non-hydrogen) atoms. The van der Waals surface area contributed by atoms with Gasteiger partial charge in [-0.2, -0.15) is 22.0 Å². The molecule has 1 aromatic carbocycles. The number of hydrogen-bond donors (Lipinski definition) is 1. The molecule has 0 aliphatic rings. The van der Waals surface area contributed by atoms with Crippen LogP contribution in [-0.4, -0.2) is 32.4 Å². The highest BCUT2D eigenvalue weighted by atomic mass is 19.4. The molecule has 1 rings (SSSR count). The molecule has 0 aliphatic heterocycles. The van der Waals surface area contributed by atoms with Gasteiger partial charge in [0.25, 0.3) is 5.60 Å². The third-order valence-corrected chi connectivity index (χ3v) is 3.05. The van der Waals surface area contributed by atoms with E-state index in [-0.39, 0.29) is 18.4 Å². The Morgan fingerprint density at radius 2 is 1.64 bits per heavy atom. The quantitative estimate of drug-likeness (QED) is 0.361. The van der Waals surface area contributed by atoms with Crippen molar-refractivity contribution in [2.75, 3.05) is 26.1 Å². The molecule has 0 bridgehead atoms. The maximum absolute atomic E-state index is 14.1. The van der Waals surface area contributed by atoms with Crippen LogP contribution in [0.1, 0.15) is 5.56 Å². The lowest BCUT2D eigenvalue weighted by Gasteiger charge is -2.40. The number of methoxy groups -OCH3 is 1. The molecule has 0 aromatic heterocycles. The first-order valence-electron chi connectivity index (χ1n) is 6.19. The lowest BCUT2D eigenvalue weighted by Crippen LogP contribution is -2.57. The van der Waals surface area contributed by atoms with Gasteiger partial charge in [0.15, 0.2) is 0 Å². The van der Waals surface area contributed by atoms with Gasteiger partial charge >= 0.3 is 12.1 Å². The molecule has 0 spiro atoms. The number of nitrogen functional groups attached to an aromatic ring is 1. The molecule has 1 aromatic rings. The van der Waals surface area contributed by atoms with Crippen LogP contribution in [0.3, 0.4) is 0 Å². The summed E-state index contributed by atoms with van der Waals surface area (Å²) in [6, 6.07) is 3.89. The Hall–Kier alpha value is -1.67. The van der Waals surface area contributed by atoms with Crippen LogP contribution in [-0.2, 0) is 15.1 Å². The van der Waals surface area contributed by atoms with E-state index >= 15 is 0 Å². The molecule has 0 saturated carbocycles. The summed E-state index contributed by atoms with van der Waals surface area (Å²) in [6.07, 6.45) is -5.47. The molecule has 0 aliphatic carbocycles. The SMILES string of the molecule is C=CC(F)(F)C(OCCOC)(c1ccc(N)cc1)C(F)(F)F. The molecule has 3 nitrogen and oxygen atoms in total. The fourth-order valence-electron chi connectivity index (χ4n) is 1.95. The summed E-state index contributed by atoms with van der Waals surface area (Å²) in [4.78, 5) is 0. The molecule has 1 unspecified atom stereocenters. The van der Waals surface area contributed by atoms with Gasteiger partial charge in [0.05, 0.1) is 13.2 Å². The number of rotatable bonds is 7. The van der Waals surface area contributed by atoms with E-state index in [4.69, 9.17) is 5.73 Å². The third kappa shape index (κ3) is 3.22. The zero-order valence-corrected chi connectivity index (χ0v) is 11.8. The Balaban J connectivity index is 3.50. The van der Waals surface area contributed by atoms with Gasteiger partial charge in [0.2, 0.25) is 0 Å². The topological polar surface area (TPSA) is 44.5 Å². The van der Waals surface area contributed by atoms with Crippen molar-refractivity contribution in [2.24, 2.45) is 0 Å². The number of anilines is 1. The molecule has 0 heterocycles. The monoisotopic (exact) mass is 325 g/mol. The van der Waals surface area contributed by atoms with Crippen molar-refractivity contribution in [2.45, 2.75) is 17.7 Å². The Morgan fingerprint density at radius 1 is 1.09 bits per heavy atom. The summed E-state index contributed by atoms with van der Waals surface area (Å²) in [6.45, 7) is 1.84. The molecule has 8 heteroatoms. The molecule has 0 amide bonds. The van der Waals surface area contributed by atoms with Crippen LogP contribution in [0.2, 0.25) is 0 Å². The molecule has 0 saturated heterocycles. The molecule has 1 atom stereocenters. The van der Waals surface area contributed by atoms with E-state index in [0.29, 0.717) is 0 Å². The minimum Gasteiger partial charge on any atom is -0.399 e. The molecule has 2 N–H and O–H groups in total. The standard InChI is InChI=1S/C14H16F5NO2/c1-3-12(15,16)13(14(17,18)19,22-9-8-21-2)10-4-6-11(20)7-5-10/h3-7H,1,8-9,20H2,2H3. The summed E-state index contributed by atoms with van der Waals surface area (Å²) < 4.78 is 78.1. The number of hydrogen-bond acceptors (Lipinski definition) is 3. The van der Waals surface area contributed by atoms with Crippen molar-refractivity contribution in [3.63, 3.8) is 0 Å². The average molecular weight is 325 g/mol. The predicted molar refractivity (Wildman–Crippen MR) is 71.6 cm³/mol. The van der Waals surface area contributed by atoms with Gasteiger partial charge in [0.1, 0.15) is 0 Å². The molecule has 0 fully saturated rings. The number of nitrogens with two attached hydrogens (primary N) is 1. The Labute approximate surface area is 124 Å². The summed E-state index contributed by atoms with van der Waals surface area (Å²) in [7, 11) is 1.22. The Kier molecular flexibility index (Phi) is 5.53. The van der Waals surface area contributed by atoms with Crippen LogP contribution in [0, 0.1) is 0 Å². The normalized spacial score (nSPS) is 15.4. The first-order chi connectivity index (χ1) is 10.1. The van der Waals surface area contributed by atoms with Gasteiger partial charge < -0.3 is 15.2 Å². The van der Waals surface area contributed by atoms with Crippen molar-refractivity contribution in [1.29, 1.82) is 0 Å². The minimum atomic E-state index is -5.39. The highest BCUT2D eigenvalue weighted by molar-refractivity contribution is 5.42. The zero-order chi connectivity index (χ0) is 17.0. The van der Waals surface area contributed by atoms with E-state index in [9.17, 15) is 22.0 Å². The van der Waals surface area contributed by atoms with Crippen molar-refractivity contribution in [3.8, 4) is 0 Å². The first kappa shape index (κ1) is 18.4. The van der Waals surface area contributed by atoms with Crippen molar-refractivity contribution < 1.29 is 31.4 Å². The lowest BCUT2D eigenvalue weighted by atomic mass is 9.85. The van der Waals surface area contributed by atoms with Crippen LogP contribution in [0.4, 0.5) is 27.6 Å². The van der Waals surface area contributed by atoms with E-state index < -0.39 is 29.9 Å². The summed E-state index contributed by atoms with van der Waals surface area (Å²) >= 11 is 0. The maximum atomic E-state index is 14.1. The smallest absolute Gasteiger partial charge is 0.399 e. The van der Waals surface area contributed by atoms with E-state index in [1.165, 1.54) is 7.11 Å². The van der Waals surface area contributed by atoms with E-state index in [0.717, 1.165) is 24.3 Å². The highest BCUT2D eigenvalue weighted by Gasteiger charge is 2.70. The van der Waals surface area contributed by atoms with Crippen molar-refractivity contribution >= 4 is 5.69 Å². The number of ether oxygens (including phenoxy) is 2. The second-order valence-electron chi connectivity index (χ2n) is 4.47. The largest absolute Gasteiger partial charge is 0.428 e. The predicted octanol–water partition coefficient (Wildman–Crippen LogP) is 3.51. The first-order valence-corrected chi connectivity index (χ1v) is 6.19. The molecular weight excluding hydrogens is 309 g/mol. The summed E-state index contributed by atoms with van der Waals surface area (Å²) in [5.74, 6) is -4.39. The number of benzene rings is 1. The maximum Gasteiger partial charge on any atom is 0.428 e. The van der Waals surface area contributed by atoms with E-state index in [1.807, 2.05) is 0 Å². The molecular formula is C14H16F5NO2. The second-order valence-corrected chi connectivity index (χ2v) is 4.47.